The van der Waals surface area contributed by atoms with Crippen LogP contribution in [0.2, 0.25) is 0 Å². The van der Waals surface area contributed by atoms with Crippen LogP contribution in [0, 0.1) is 5.92 Å². The van der Waals surface area contributed by atoms with Gasteiger partial charge in [-0.1, -0.05) is 0 Å². The highest BCUT2D eigenvalue weighted by atomic mass is 79.9. The number of carbonyl (C=O) groups is 2. The molecule has 0 unspecified atom stereocenters. The van der Waals surface area contributed by atoms with Crippen molar-refractivity contribution >= 4 is 33.6 Å². The number of amides is 3. The Morgan fingerprint density at radius 1 is 1.22 bits per heavy atom. The van der Waals surface area contributed by atoms with Crippen molar-refractivity contribution < 1.29 is 22.8 Å². The second-order valence-electron chi connectivity index (χ2n) is 5.25. The van der Waals surface area contributed by atoms with Crippen LogP contribution in [0.4, 0.5) is 23.7 Å². The molecular weight excluding hydrogens is 379 g/mol. The van der Waals surface area contributed by atoms with Gasteiger partial charge < -0.3 is 16.0 Å². The first kappa shape index (κ1) is 17.6. The maximum atomic E-state index is 12.6. The van der Waals surface area contributed by atoms with Crippen LogP contribution < -0.4 is 16.0 Å². The van der Waals surface area contributed by atoms with Gasteiger partial charge in [0, 0.05) is 11.0 Å². The third-order valence-electron chi connectivity index (χ3n) is 3.24. The van der Waals surface area contributed by atoms with E-state index in [0.29, 0.717) is 16.9 Å². The average molecular weight is 394 g/mol. The molecule has 1 aromatic carbocycles. The van der Waals surface area contributed by atoms with E-state index in [2.05, 4.69) is 31.9 Å². The summed E-state index contributed by atoms with van der Waals surface area (Å²) in [7, 11) is 0. The minimum Gasteiger partial charge on any atom is -0.354 e. The van der Waals surface area contributed by atoms with Crippen molar-refractivity contribution in [2.24, 2.45) is 5.92 Å². The van der Waals surface area contributed by atoms with Gasteiger partial charge in [-0.3, -0.25) is 4.79 Å². The average Bonchev–Trinajstić information content (AvgIpc) is 3.28. The second kappa shape index (κ2) is 7.20. The van der Waals surface area contributed by atoms with E-state index in [1.165, 1.54) is 6.07 Å². The highest BCUT2D eigenvalue weighted by Crippen LogP contribution is 2.33. The molecule has 0 radical (unpaired) electrons. The Morgan fingerprint density at radius 3 is 2.52 bits per heavy atom. The van der Waals surface area contributed by atoms with Gasteiger partial charge in [0.1, 0.15) is 0 Å². The van der Waals surface area contributed by atoms with Crippen LogP contribution in [0.25, 0.3) is 0 Å². The molecule has 0 atom stereocenters. The Kier molecular flexibility index (Phi) is 5.51. The molecule has 1 saturated carbocycles. The maximum Gasteiger partial charge on any atom is 0.416 e. The summed E-state index contributed by atoms with van der Waals surface area (Å²) in [5.74, 6) is 0.184. The van der Waals surface area contributed by atoms with Gasteiger partial charge >= 0.3 is 12.2 Å². The summed E-state index contributed by atoms with van der Waals surface area (Å²) in [6.07, 6.45) is -2.31. The lowest BCUT2D eigenvalue weighted by molar-refractivity contribution is -0.137. The monoisotopic (exact) mass is 393 g/mol. The summed E-state index contributed by atoms with van der Waals surface area (Å²) < 4.78 is 38.3. The van der Waals surface area contributed by atoms with Crippen LogP contribution in [0.1, 0.15) is 18.4 Å². The minimum absolute atomic E-state index is 0.0317. The number of hydrogen-bond donors (Lipinski definition) is 3. The van der Waals surface area contributed by atoms with Crippen molar-refractivity contribution in [2.45, 2.75) is 19.0 Å². The molecule has 2 rings (SSSR count). The van der Waals surface area contributed by atoms with Crippen LogP contribution in [-0.4, -0.2) is 25.0 Å². The van der Waals surface area contributed by atoms with E-state index in [0.717, 1.165) is 25.0 Å². The maximum absolute atomic E-state index is 12.6. The van der Waals surface area contributed by atoms with Crippen molar-refractivity contribution in [3.05, 3.63) is 28.2 Å². The molecule has 0 spiro atoms. The third-order valence-corrected chi connectivity index (χ3v) is 3.93. The number of carbonyl (C=O) groups excluding carboxylic acids is 2. The van der Waals surface area contributed by atoms with Crippen LogP contribution in [-0.2, 0) is 11.0 Å². The quantitative estimate of drug-likeness (QED) is 0.719. The van der Waals surface area contributed by atoms with Crippen LogP contribution in [0.15, 0.2) is 22.7 Å². The lowest BCUT2D eigenvalue weighted by atomic mass is 10.2. The number of nitrogens with one attached hydrogen (secondary N) is 3. The largest absolute Gasteiger partial charge is 0.416 e. The summed E-state index contributed by atoms with van der Waals surface area (Å²) in [5.41, 5.74) is -0.908. The number of rotatable bonds is 5. The van der Waals surface area contributed by atoms with Gasteiger partial charge in [-0.15, -0.1) is 0 Å². The fourth-order valence-electron chi connectivity index (χ4n) is 1.77. The standard InChI is InChI=1S/C14H15BrF3N3O2/c15-10-4-3-9(14(16,17)18)5-11(10)21-13(23)20-7-12(22)19-6-8-1-2-8/h3-5,8H,1-2,6-7H2,(H,19,22)(H2,20,21,23). The zero-order valence-electron chi connectivity index (χ0n) is 12.0. The fourth-order valence-corrected chi connectivity index (χ4v) is 2.11. The molecule has 1 aromatic rings. The zero-order chi connectivity index (χ0) is 17.0. The normalized spacial score (nSPS) is 14.3. The minimum atomic E-state index is -4.50. The summed E-state index contributed by atoms with van der Waals surface area (Å²) in [4.78, 5) is 23.1. The molecule has 0 bridgehead atoms. The molecule has 23 heavy (non-hydrogen) atoms. The van der Waals surface area contributed by atoms with E-state index < -0.39 is 17.8 Å². The number of anilines is 1. The Labute approximate surface area is 139 Å². The molecule has 3 N–H and O–H groups in total. The predicted molar refractivity (Wildman–Crippen MR) is 81.9 cm³/mol. The second-order valence-corrected chi connectivity index (χ2v) is 6.10. The third kappa shape index (κ3) is 5.74. The number of benzene rings is 1. The fraction of sp³-hybridized carbons (Fsp3) is 0.429. The first-order chi connectivity index (χ1) is 10.8. The zero-order valence-corrected chi connectivity index (χ0v) is 13.6. The first-order valence-electron chi connectivity index (χ1n) is 6.94. The van der Waals surface area contributed by atoms with Crippen molar-refractivity contribution in [1.82, 2.24) is 10.6 Å². The molecule has 1 aliphatic carbocycles. The molecule has 3 amide bonds. The number of hydrogen-bond acceptors (Lipinski definition) is 2. The first-order valence-corrected chi connectivity index (χ1v) is 7.73. The van der Waals surface area contributed by atoms with Crippen LogP contribution in [0.3, 0.4) is 0 Å². The summed E-state index contributed by atoms with van der Waals surface area (Å²) in [6, 6.07) is 2.16. The SMILES string of the molecule is O=C(CNC(=O)Nc1cc(C(F)(F)F)ccc1Br)NCC1CC1. The highest BCUT2D eigenvalue weighted by molar-refractivity contribution is 9.10. The number of halogens is 4. The summed E-state index contributed by atoms with van der Waals surface area (Å²) >= 11 is 3.06. The molecule has 1 aliphatic rings. The Bertz CT molecular complexity index is 603. The molecule has 0 aromatic heterocycles. The van der Waals surface area contributed by atoms with Crippen molar-refractivity contribution in [1.29, 1.82) is 0 Å². The Morgan fingerprint density at radius 2 is 1.91 bits per heavy atom. The molecule has 126 valence electrons. The molecule has 0 saturated heterocycles. The van der Waals surface area contributed by atoms with Gasteiger partial charge in [0.25, 0.3) is 0 Å². The lowest BCUT2D eigenvalue weighted by Crippen LogP contribution is -2.39. The number of urea groups is 1. The summed E-state index contributed by atoms with van der Waals surface area (Å²) in [5, 5.41) is 7.24. The molecule has 0 heterocycles. The van der Waals surface area contributed by atoms with E-state index in [4.69, 9.17) is 0 Å². The van der Waals surface area contributed by atoms with Gasteiger partial charge in [-0.05, 0) is 52.9 Å². The molecule has 1 fully saturated rings. The van der Waals surface area contributed by atoms with E-state index in [9.17, 15) is 22.8 Å². The Hall–Kier alpha value is -1.77. The Balaban J connectivity index is 1.85. The van der Waals surface area contributed by atoms with Gasteiger partial charge in [0.2, 0.25) is 5.91 Å². The molecule has 0 aliphatic heterocycles. The van der Waals surface area contributed by atoms with Gasteiger partial charge in [-0.25, -0.2) is 4.79 Å². The van der Waals surface area contributed by atoms with Crippen LogP contribution >= 0.6 is 15.9 Å². The smallest absolute Gasteiger partial charge is 0.354 e. The summed E-state index contributed by atoms with van der Waals surface area (Å²) in [6.45, 7) is 0.344. The van der Waals surface area contributed by atoms with Gasteiger partial charge in [0.15, 0.2) is 0 Å². The van der Waals surface area contributed by atoms with Gasteiger partial charge in [0.05, 0.1) is 17.8 Å². The van der Waals surface area contributed by atoms with E-state index in [-0.39, 0.29) is 18.1 Å². The number of alkyl halides is 3. The lowest BCUT2D eigenvalue weighted by Gasteiger charge is -2.12. The molecular formula is C14H15BrF3N3O2. The molecule has 9 heteroatoms. The van der Waals surface area contributed by atoms with E-state index in [1.54, 1.807) is 0 Å². The van der Waals surface area contributed by atoms with Crippen molar-refractivity contribution in [3.63, 3.8) is 0 Å². The van der Waals surface area contributed by atoms with E-state index >= 15 is 0 Å². The molecule has 5 nitrogen and oxygen atoms in total. The van der Waals surface area contributed by atoms with Crippen LogP contribution in [0.5, 0.6) is 0 Å². The highest BCUT2D eigenvalue weighted by Gasteiger charge is 2.31. The predicted octanol–water partition coefficient (Wildman–Crippen LogP) is 3.12. The van der Waals surface area contributed by atoms with Crippen molar-refractivity contribution in [3.8, 4) is 0 Å². The van der Waals surface area contributed by atoms with Crippen molar-refractivity contribution in [2.75, 3.05) is 18.4 Å². The van der Waals surface area contributed by atoms with Gasteiger partial charge in [-0.2, -0.15) is 13.2 Å². The van der Waals surface area contributed by atoms with E-state index in [1.807, 2.05) is 0 Å². The topological polar surface area (TPSA) is 70.2 Å².